The van der Waals surface area contributed by atoms with Gasteiger partial charge in [0.1, 0.15) is 14.6 Å². The van der Waals surface area contributed by atoms with Crippen LogP contribution in [0.25, 0.3) is 10.9 Å². The third-order valence-electron chi connectivity index (χ3n) is 3.42. The number of carboxylic acids is 1. The SMILES string of the molecule is [B]c1ccc(C(=O)O)c2c1ccn2COCC[Si](C)(C)C. The van der Waals surface area contributed by atoms with Crippen LogP contribution in [0.1, 0.15) is 10.4 Å². The number of aromatic nitrogens is 1. The van der Waals surface area contributed by atoms with E-state index in [1.54, 1.807) is 16.7 Å². The molecule has 6 heteroatoms. The van der Waals surface area contributed by atoms with Crippen molar-refractivity contribution < 1.29 is 14.6 Å². The largest absolute Gasteiger partial charge is 0.478 e. The van der Waals surface area contributed by atoms with Gasteiger partial charge in [-0.15, -0.1) is 0 Å². The number of carboxylic acid groups (broad SMARTS) is 1. The van der Waals surface area contributed by atoms with Crippen LogP contribution in [0.5, 0.6) is 0 Å². The zero-order chi connectivity index (χ0) is 15.6. The number of aromatic carboxylic acids is 1. The van der Waals surface area contributed by atoms with Crippen molar-refractivity contribution in [3.63, 3.8) is 0 Å². The fourth-order valence-corrected chi connectivity index (χ4v) is 2.93. The molecule has 1 N–H and O–H groups in total. The molecule has 2 rings (SSSR count). The van der Waals surface area contributed by atoms with E-state index in [0.29, 0.717) is 24.3 Å². The van der Waals surface area contributed by atoms with Gasteiger partial charge in [-0.1, -0.05) is 31.2 Å². The lowest BCUT2D eigenvalue weighted by Gasteiger charge is -2.16. The van der Waals surface area contributed by atoms with Crippen LogP contribution in [0, 0.1) is 0 Å². The maximum absolute atomic E-state index is 11.3. The van der Waals surface area contributed by atoms with Crippen molar-refractivity contribution in [2.45, 2.75) is 32.4 Å². The summed E-state index contributed by atoms with van der Waals surface area (Å²) in [6, 6.07) is 6.08. The fraction of sp³-hybridized carbons (Fsp3) is 0.400. The van der Waals surface area contributed by atoms with E-state index in [4.69, 9.17) is 12.6 Å². The topological polar surface area (TPSA) is 51.5 Å². The van der Waals surface area contributed by atoms with Crippen molar-refractivity contribution in [3.8, 4) is 0 Å². The number of nitrogens with zero attached hydrogens (tertiary/aromatic N) is 1. The molecule has 0 aliphatic carbocycles. The molecule has 4 nitrogen and oxygen atoms in total. The Hall–Kier alpha value is -1.53. The Kier molecular flexibility index (Phi) is 4.58. The second-order valence-electron chi connectivity index (χ2n) is 6.40. The molecule has 0 unspecified atom stereocenters. The summed E-state index contributed by atoms with van der Waals surface area (Å²) in [6.07, 6.45) is 1.82. The van der Waals surface area contributed by atoms with Gasteiger partial charge in [0.15, 0.2) is 0 Å². The Labute approximate surface area is 127 Å². The van der Waals surface area contributed by atoms with Crippen molar-refractivity contribution in [1.29, 1.82) is 0 Å². The Bertz CT molecular complexity index is 661. The summed E-state index contributed by atoms with van der Waals surface area (Å²) in [5, 5.41) is 10.1. The monoisotopic (exact) mass is 301 g/mol. The number of fused-ring (bicyclic) bond motifs is 1. The van der Waals surface area contributed by atoms with Gasteiger partial charge in [-0.3, -0.25) is 0 Å². The van der Waals surface area contributed by atoms with E-state index < -0.39 is 14.0 Å². The molecular weight excluding hydrogens is 281 g/mol. The zero-order valence-electron chi connectivity index (χ0n) is 12.7. The molecule has 0 spiro atoms. The van der Waals surface area contributed by atoms with Crippen molar-refractivity contribution in [2.75, 3.05) is 6.61 Å². The van der Waals surface area contributed by atoms with E-state index in [0.717, 1.165) is 11.4 Å². The number of hydrogen-bond acceptors (Lipinski definition) is 2. The third kappa shape index (κ3) is 3.77. The van der Waals surface area contributed by atoms with Crippen LogP contribution in [-0.4, -0.2) is 38.2 Å². The molecule has 1 aromatic heterocycles. The van der Waals surface area contributed by atoms with E-state index in [1.165, 1.54) is 0 Å². The highest BCUT2D eigenvalue weighted by atomic mass is 28.3. The molecule has 110 valence electrons. The highest BCUT2D eigenvalue weighted by Gasteiger charge is 2.15. The number of rotatable bonds is 6. The molecule has 21 heavy (non-hydrogen) atoms. The number of carbonyl (C=O) groups is 1. The van der Waals surface area contributed by atoms with Gasteiger partial charge in [0.05, 0.1) is 11.1 Å². The Morgan fingerprint density at radius 3 is 2.67 bits per heavy atom. The van der Waals surface area contributed by atoms with Gasteiger partial charge in [0.25, 0.3) is 0 Å². The molecule has 0 aliphatic heterocycles. The summed E-state index contributed by atoms with van der Waals surface area (Å²) in [5.41, 5.74) is 1.45. The van der Waals surface area contributed by atoms with Gasteiger partial charge in [-0.2, -0.15) is 0 Å². The molecule has 0 aliphatic rings. The van der Waals surface area contributed by atoms with E-state index >= 15 is 0 Å². The third-order valence-corrected chi connectivity index (χ3v) is 5.12. The Morgan fingerprint density at radius 2 is 2.05 bits per heavy atom. The van der Waals surface area contributed by atoms with Gasteiger partial charge in [-0.25, -0.2) is 4.79 Å². The van der Waals surface area contributed by atoms with E-state index in [-0.39, 0.29) is 5.56 Å². The molecule has 2 radical (unpaired) electrons. The summed E-state index contributed by atoms with van der Waals surface area (Å²) >= 11 is 0. The molecule has 0 fully saturated rings. The smallest absolute Gasteiger partial charge is 0.337 e. The summed E-state index contributed by atoms with van der Waals surface area (Å²) in [5.74, 6) is -0.956. The van der Waals surface area contributed by atoms with Crippen molar-refractivity contribution in [3.05, 3.63) is 30.0 Å². The van der Waals surface area contributed by atoms with Crippen LogP contribution < -0.4 is 5.46 Å². The first-order valence-corrected chi connectivity index (χ1v) is 10.7. The minimum atomic E-state index is -1.12. The highest BCUT2D eigenvalue weighted by molar-refractivity contribution is 6.76. The van der Waals surface area contributed by atoms with Crippen LogP contribution in [0.3, 0.4) is 0 Å². The van der Waals surface area contributed by atoms with Crippen LogP contribution in [0.2, 0.25) is 25.7 Å². The van der Waals surface area contributed by atoms with E-state index in [2.05, 4.69) is 19.6 Å². The first-order chi connectivity index (χ1) is 9.79. The molecule has 0 amide bonds. The van der Waals surface area contributed by atoms with E-state index in [9.17, 15) is 9.90 Å². The summed E-state index contributed by atoms with van der Waals surface area (Å²) in [4.78, 5) is 11.3. The van der Waals surface area contributed by atoms with Crippen molar-refractivity contribution in [2.24, 2.45) is 0 Å². The number of hydrogen-bond donors (Lipinski definition) is 1. The van der Waals surface area contributed by atoms with Crippen LogP contribution in [-0.2, 0) is 11.5 Å². The van der Waals surface area contributed by atoms with Gasteiger partial charge >= 0.3 is 5.97 Å². The van der Waals surface area contributed by atoms with Crippen LogP contribution >= 0.6 is 0 Å². The first kappa shape index (κ1) is 15.9. The predicted octanol–water partition coefficient (Wildman–Crippen LogP) is 2.45. The fourth-order valence-electron chi connectivity index (χ4n) is 2.17. The maximum atomic E-state index is 11.3. The Morgan fingerprint density at radius 1 is 1.33 bits per heavy atom. The average molecular weight is 301 g/mol. The quantitative estimate of drug-likeness (QED) is 0.658. The van der Waals surface area contributed by atoms with Gasteiger partial charge < -0.3 is 14.4 Å². The minimum absolute atomic E-state index is 0.248. The second-order valence-corrected chi connectivity index (χ2v) is 12.0. The molecule has 1 heterocycles. The lowest BCUT2D eigenvalue weighted by molar-refractivity contribution is 0.0696. The molecular formula is C15H20BNO3Si. The second kappa shape index (κ2) is 6.07. The van der Waals surface area contributed by atoms with Crippen LogP contribution in [0.4, 0.5) is 0 Å². The maximum Gasteiger partial charge on any atom is 0.337 e. The van der Waals surface area contributed by atoms with E-state index in [1.807, 2.05) is 12.3 Å². The normalized spacial score (nSPS) is 12.0. The molecule has 0 saturated carbocycles. The van der Waals surface area contributed by atoms with Crippen molar-refractivity contribution in [1.82, 2.24) is 4.57 Å². The molecule has 0 atom stereocenters. The van der Waals surface area contributed by atoms with Gasteiger partial charge in [0, 0.05) is 20.9 Å². The standard InChI is InChI=1S/C15H20BNO3Si/c1-21(2,3)9-8-20-10-17-7-6-11-13(16)5-4-12(14(11)17)15(18)19/h4-7H,8-10H2,1-3H3,(H,18,19). The van der Waals surface area contributed by atoms with Crippen LogP contribution in [0.15, 0.2) is 24.4 Å². The number of benzene rings is 1. The summed E-state index contributed by atoms with van der Waals surface area (Å²) in [7, 11) is 4.79. The first-order valence-electron chi connectivity index (χ1n) is 6.98. The molecule has 2 aromatic rings. The molecule has 0 saturated heterocycles. The summed E-state index contributed by atoms with van der Waals surface area (Å²) in [6.45, 7) is 7.93. The number of ether oxygens (including phenoxy) is 1. The van der Waals surface area contributed by atoms with Crippen molar-refractivity contribution >= 4 is 38.3 Å². The lowest BCUT2D eigenvalue weighted by atomic mass is 9.91. The average Bonchev–Trinajstić information content (AvgIpc) is 2.78. The zero-order valence-corrected chi connectivity index (χ0v) is 13.7. The van der Waals surface area contributed by atoms with Gasteiger partial charge in [0.2, 0.25) is 0 Å². The molecule has 1 aromatic carbocycles. The van der Waals surface area contributed by atoms with Gasteiger partial charge in [-0.05, 0) is 23.6 Å². The minimum Gasteiger partial charge on any atom is -0.478 e. The lowest BCUT2D eigenvalue weighted by Crippen LogP contribution is -2.22. The predicted molar refractivity (Wildman–Crippen MR) is 88.4 cm³/mol. The summed E-state index contributed by atoms with van der Waals surface area (Å²) < 4.78 is 7.51. The highest BCUT2D eigenvalue weighted by Crippen LogP contribution is 2.19. The molecule has 0 bridgehead atoms. The Balaban J connectivity index is 2.21.